The third kappa shape index (κ3) is 1.04. The molecule has 0 spiro atoms. The molecule has 0 saturated heterocycles. The van der Waals surface area contributed by atoms with Crippen molar-refractivity contribution in [1.82, 2.24) is 0 Å². The van der Waals surface area contributed by atoms with Gasteiger partial charge in [-0.3, -0.25) is 0 Å². The molecule has 3 heteroatoms. The number of furan rings is 1. The van der Waals surface area contributed by atoms with Crippen molar-refractivity contribution < 1.29 is 9.52 Å². The number of nitrogens with two attached hydrogens (primary N) is 1. The number of hydrogen-bond donors (Lipinski definition) is 2. The maximum atomic E-state index is 9.29. The monoisotopic (exact) mass is 181 g/mol. The molecule has 1 aliphatic carbocycles. The molecule has 1 aromatic rings. The van der Waals surface area contributed by atoms with Crippen molar-refractivity contribution in [1.29, 1.82) is 0 Å². The van der Waals surface area contributed by atoms with E-state index < -0.39 is 5.54 Å². The van der Waals surface area contributed by atoms with Gasteiger partial charge in [0.2, 0.25) is 0 Å². The van der Waals surface area contributed by atoms with E-state index in [1.807, 2.05) is 19.9 Å². The molecule has 2 rings (SSSR count). The molecular formula is C10H15NO2. The third-order valence-corrected chi connectivity index (χ3v) is 3.07. The first kappa shape index (κ1) is 8.78. The number of rotatable bonds is 1. The SMILES string of the molecule is Cc1cc2c(o1)CC(C)C2(N)CO. The summed E-state index contributed by atoms with van der Waals surface area (Å²) in [5.41, 5.74) is 6.51. The smallest absolute Gasteiger partial charge is 0.109 e. The summed E-state index contributed by atoms with van der Waals surface area (Å²) in [6.07, 6.45) is 0.834. The molecule has 2 atom stereocenters. The largest absolute Gasteiger partial charge is 0.466 e. The zero-order chi connectivity index (χ0) is 9.64. The Labute approximate surface area is 77.5 Å². The summed E-state index contributed by atoms with van der Waals surface area (Å²) in [6, 6.07) is 1.94. The predicted octanol–water partition coefficient (Wildman–Crippen LogP) is 0.927. The van der Waals surface area contributed by atoms with Crippen LogP contribution in [0.3, 0.4) is 0 Å². The van der Waals surface area contributed by atoms with E-state index in [4.69, 9.17) is 10.2 Å². The number of aryl methyl sites for hydroxylation is 1. The minimum absolute atomic E-state index is 0.0137. The van der Waals surface area contributed by atoms with Crippen LogP contribution in [0, 0.1) is 12.8 Å². The molecule has 0 aliphatic heterocycles. The number of fused-ring (bicyclic) bond motifs is 1. The van der Waals surface area contributed by atoms with Gasteiger partial charge in [-0.15, -0.1) is 0 Å². The van der Waals surface area contributed by atoms with Gasteiger partial charge in [0.25, 0.3) is 0 Å². The van der Waals surface area contributed by atoms with Gasteiger partial charge in [0.1, 0.15) is 11.5 Å². The van der Waals surface area contributed by atoms with Gasteiger partial charge in [0, 0.05) is 12.0 Å². The summed E-state index contributed by atoms with van der Waals surface area (Å²) in [5.74, 6) is 2.08. The van der Waals surface area contributed by atoms with Crippen molar-refractivity contribution >= 4 is 0 Å². The van der Waals surface area contributed by atoms with Crippen molar-refractivity contribution in [2.45, 2.75) is 25.8 Å². The lowest BCUT2D eigenvalue weighted by molar-refractivity contribution is 0.159. The Kier molecular flexibility index (Phi) is 1.75. The molecule has 0 amide bonds. The van der Waals surface area contributed by atoms with Gasteiger partial charge in [0.15, 0.2) is 0 Å². The summed E-state index contributed by atoms with van der Waals surface area (Å²) in [6.45, 7) is 3.93. The van der Waals surface area contributed by atoms with E-state index in [1.54, 1.807) is 0 Å². The van der Waals surface area contributed by atoms with Crippen LogP contribution in [0.25, 0.3) is 0 Å². The average molecular weight is 181 g/mol. The van der Waals surface area contributed by atoms with Gasteiger partial charge < -0.3 is 15.3 Å². The zero-order valence-corrected chi connectivity index (χ0v) is 8.00. The van der Waals surface area contributed by atoms with Gasteiger partial charge >= 0.3 is 0 Å². The van der Waals surface area contributed by atoms with Crippen molar-refractivity contribution in [3.05, 3.63) is 23.2 Å². The summed E-state index contributed by atoms with van der Waals surface area (Å²) in [7, 11) is 0. The van der Waals surface area contributed by atoms with Gasteiger partial charge in [-0.2, -0.15) is 0 Å². The molecule has 3 nitrogen and oxygen atoms in total. The molecule has 0 aromatic carbocycles. The molecule has 0 saturated carbocycles. The summed E-state index contributed by atoms with van der Waals surface area (Å²) in [4.78, 5) is 0. The van der Waals surface area contributed by atoms with Crippen LogP contribution >= 0.6 is 0 Å². The van der Waals surface area contributed by atoms with Crippen LogP contribution < -0.4 is 5.73 Å². The fourth-order valence-corrected chi connectivity index (χ4v) is 2.07. The van der Waals surface area contributed by atoms with Gasteiger partial charge in [-0.1, -0.05) is 6.92 Å². The van der Waals surface area contributed by atoms with Crippen molar-refractivity contribution in [3.63, 3.8) is 0 Å². The molecule has 0 bridgehead atoms. The quantitative estimate of drug-likeness (QED) is 0.677. The van der Waals surface area contributed by atoms with E-state index in [-0.39, 0.29) is 12.5 Å². The zero-order valence-electron chi connectivity index (χ0n) is 8.00. The molecule has 0 radical (unpaired) electrons. The second-order valence-electron chi connectivity index (χ2n) is 4.00. The van der Waals surface area contributed by atoms with Crippen LogP contribution in [0.15, 0.2) is 10.5 Å². The molecule has 1 heterocycles. The van der Waals surface area contributed by atoms with Crippen LogP contribution in [0.4, 0.5) is 0 Å². The number of aliphatic hydroxyl groups is 1. The Balaban J connectivity index is 2.50. The van der Waals surface area contributed by atoms with Crippen LogP contribution in [0.5, 0.6) is 0 Å². The van der Waals surface area contributed by atoms with Gasteiger partial charge in [0.05, 0.1) is 12.1 Å². The first-order chi connectivity index (χ1) is 6.08. The lowest BCUT2D eigenvalue weighted by Gasteiger charge is -2.26. The first-order valence-corrected chi connectivity index (χ1v) is 4.57. The fourth-order valence-electron chi connectivity index (χ4n) is 2.07. The highest BCUT2D eigenvalue weighted by Crippen LogP contribution is 2.40. The van der Waals surface area contributed by atoms with E-state index in [1.165, 1.54) is 0 Å². The minimum Gasteiger partial charge on any atom is -0.466 e. The summed E-state index contributed by atoms with van der Waals surface area (Å²) in [5, 5.41) is 9.29. The standard InChI is InChI=1S/C10H15NO2/c1-6-3-9-8(4-7(2)13-9)10(6,11)5-12/h4,6,12H,3,5,11H2,1-2H3. The third-order valence-electron chi connectivity index (χ3n) is 3.07. The van der Waals surface area contributed by atoms with E-state index in [0.717, 1.165) is 23.5 Å². The maximum Gasteiger partial charge on any atom is 0.109 e. The lowest BCUT2D eigenvalue weighted by Crippen LogP contribution is -2.43. The summed E-state index contributed by atoms with van der Waals surface area (Å²) < 4.78 is 5.50. The Morgan fingerprint density at radius 3 is 3.08 bits per heavy atom. The average Bonchev–Trinajstić information content (AvgIpc) is 2.53. The van der Waals surface area contributed by atoms with Crippen LogP contribution in [0.2, 0.25) is 0 Å². The molecular weight excluding hydrogens is 166 g/mol. The number of aliphatic hydroxyl groups excluding tert-OH is 1. The normalized spacial score (nSPS) is 32.2. The van der Waals surface area contributed by atoms with Crippen molar-refractivity contribution in [2.24, 2.45) is 11.7 Å². The maximum absolute atomic E-state index is 9.29. The van der Waals surface area contributed by atoms with E-state index in [0.29, 0.717) is 0 Å². The van der Waals surface area contributed by atoms with Crippen LogP contribution in [-0.4, -0.2) is 11.7 Å². The second kappa shape index (κ2) is 2.59. The Morgan fingerprint density at radius 1 is 1.77 bits per heavy atom. The Bertz CT molecular complexity index is 332. The molecule has 3 N–H and O–H groups in total. The highest BCUT2D eigenvalue weighted by atomic mass is 16.3. The molecule has 2 unspecified atom stereocenters. The van der Waals surface area contributed by atoms with Crippen molar-refractivity contribution in [3.8, 4) is 0 Å². The van der Waals surface area contributed by atoms with E-state index in [2.05, 4.69) is 0 Å². The second-order valence-corrected chi connectivity index (χ2v) is 4.00. The molecule has 72 valence electrons. The van der Waals surface area contributed by atoms with Gasteiger partial charge in [-0.05, 0) is 18.9 Å². The molecule has 1 aromatic heterocycles. The van der Waals surface area contributed by atoms with Crippen molar-refractivity contribution in [2.75, 3.05) is 6.61 Å². The fraction of sp³-hybridized carbons (Fsp3) is 0.600. The highest BCUT2D eigenvalue weighted by Gasteiger charge is 2.43. The van der Waals surface area contributed by atoms with Gasteiger partial charge in [-0.25, -0.2) is 0 Å². The molecule has 0 fully saturated rings. The lowest BCUT2D eigenvalue weighted by atomic mass is 9.87. The van der Waals surface area contributed by atoms with E-state index >= 15 is 0 Å². The van der Waals surface area contributed by atoms with E-state index in [9.17, 15) is 5.11 Å². The first-order valence-electron chi connectivity index (χ1n) is 4.57. The van der Waals surface area contributed by atoms with Crippen LogP contribution in [0.1, 0.15) is 24.0 Å². The summed E-state index contributed by atoms with van der Waals surface area (Å²) >= 11 is 0. The highest BCUT2D eigenvalue weighted by molar-refractivity contribution is 5.35. The Hall–Kier alpha value is -0.800. The minimum atomic E-state index is -0.590. The Morgan fingerprint density at radius 2 is 2.46 bits per heavy atom. The number of hydrogen-bond acceptors (Lipinski definition) is 3. The topological polar surface area (TPSA) is 59.4 Å². The van der Waals surface area contributed by atoms with Crippen LogP contribution in [-0.2, 0) is 12.0 Å². The molecule has 13 heavy (non-hydrogen) atoms. The predicted molar refractivity (Wildman–Crippen MR) is 49.3 cm³/mol. The molecule has 1 aliphatic rings.